The standard InChI is InChI=1S/C16H24N4O/c1-18(2)16(8-6-9-16)12-19(3)15-13(11-21)20-10-5-4-7-14(20)17-15/h4-5,7,10,21H,6,8-9,11-12H2,1-3H3. The van der Waals surface area contributed by atoms with E-state index in [1.54, 1.807) is 0 Å². The Labute approximate surface area is 125 Å². The number of nitrogens with zero attached hydrogens (tertiary/aromatic N) is 4. The molecule has 0 unspecified atom stereocenters. The molecular weight excluding hydrogens is 264 g/mol. The van der Waals surface area contributed by atoms with Gasteiger partial charge in [0.05, 0.1) is 12.3 Å². The van der Waals surface area contributed by atoms with E-state index in [1.807, 2.05) is 28.8 Å². The minimum Gasteiger partial charge on any atom is -0.390 e. The average molecular weight is 288 g/mol. The Kier molecular flexibility index (Phi) is 3.63. The fraction of sp³-hybridized carbons (Fsp3) is 0.562. The monoisotopic (exact) mass is 288 g/mol. The third kappa shape index (κ3) is 2.30. The van der Waals surface area contributed by atoms with Gasteiger partial charge in [0.25, 0.3) is 0 Å². The topological polar surface area (TPSA) is 44.0 Å². The molecule has 5 nitrogen and oxygen atoms in total. The predicted octanol–water partition coefficient (Wildman–Crippen LogP) is 1.75. The normalized spacial score (nSPS) is 17.2. The van der Waals surface area contributed by atoms with Crippen LogP contribution in [0.1, 0.15) is 25.0 Å². The lowest BCUT2D eigenvalue weighted by molar-refractivity contribution is 0.0681. The van der Waals surface area contributed by atoms with Crippen molar-refractivity contribution in [2.45, 2.75) is 31.4 Å². The number of imidazole rings is 1. The molecule has 0 radical (unpaired) electrons. The largest absolute Gasteiger partial charge is 0.390 e. The van der Waals surface area contributed by atoms with Gasteiger partial charge in [-0.3, -0.25) is 4.40 Å². The molecule has 1 saturated carbocycles. The van der Waals surface area contributed by atoms with Gasteiger partial charge in [-0.25, -0.2) is 4.98 Å². The van der Waals surface area contributed by atoms with E-state index < -0.39 is 0 Å². The summed E-state index contributed by atoms with van der Waals surface area (Å²) in [5.74, 6) is 0.886. The minimum atomic E-state index is -0.000181. The van der Waals surface area contributed by atoms with Crippen LogP contribution in [0.2, 0.25) is 0 Å². The van der Waals surface area contributed by atoms with Crippen molar-refractivity contribution in [1.29, 1.82) is 0 Å². The van der Waals surface area contributed by atoms with E-state index in [0.29, 0.717) is 0 Å². The first-order valence-electron chi connectivity index (χ1n) is 7.53. The summed E-state index contributed by atoms with van der Waals surface area (Å²) in [5.41, 5.74) is 1.99. The fourth-order valence-electron chi connectivity index (χ4n) is 3.33. The fourth-order valence-corrected chi connectivity index (χ4v) is 3.33. The number of hydrogen-bond donors (Lipinski definition) is 1. The maximum absolute atomic E-state index is 9.73. The van der Waals surface area contributed by atoms with Crippen molar-refractivity contribution in [2.75, 3.05) is 32.6 Å². The average Bonchev–Trinajstić information content (AvgIpc) is 2.80. The Morgan fingerprint density at radius 3 is 2.62 bits per heavy atom. The van der Waals surface area contributed by atoms with Crippen LogP contribution in [0.4, 0.5) is 5.82 Å². The van der Waals surface area contributed by atoms with Gasteiger partial charge in [0, 0.05) is 25.3 Å². The molecule has 0 saturated heterocycles. The number of aliphatic hydroxyl groups excluding tert-OH is 1. The highest BCUT2D eigenvalue weighted by molar-refractivity contribution is 5.55. The number of rotatable bonds is 5. The highest BCUT2D eigenvalue weighted by Crippen LogP contribution is 2.37. The molecule has 5 heteroatoms. The Bertz CT molecular complexity index is 630. The van der Waals surface area contributed by atoms with E-state index in [0.717, 1.165) is 23.7 Å². The van der Waals surface area contributed by atoms with E-state index >= 15 is 0 Å². The summed E-state index contributed by atoms with van der Waals surface area (Å²) in [6.45, 7) is 0.941. The Morgan fingerprint density at radius 2 is 2.05 bits per heavy atom. The molecule has 2 aromatic heterocycles. The number of pyridine rings is 1. The maximum Gasteiger partial charge on any atom is 0.153 e. The van der Waals surface area contributed by atoms with Crippen LogP contribution in [0.25, 0.3) is 5.65 Å². The van der Waals surface area contributed by atoms with Crippen molar-refractivity contribution in [1.82, 2.24) is 14.3 Å². The van der Waals surface area contributed by atoms with Gasteiger partial charge in [-0.15, -0.1) is 0 Å². The van der Waals surface area contributed by atoms with E-state index in [-0.39, 0.29) is 12.1 Å². The molecule has 0 atom stereocenters. The zero-order chi connectivity index (χ0) is 15.0. The van der Waals surface area contributed by atoms with Gasteiger partial charge >= 0.3 is 0 Å². The second-order valence-corrected chi connectivity index (χ2v) is 6.30. The SMILES string of the molecule is CN(CC1(N(C)C)CCC1)c1nc2ccccn2c1CO. The molecule has 1 aliphatic rings. The van der Waals surface area contributed by atoms with Gasteiger partial charge in [0.1, 0.15) is 5.65 Å². The van der Waals surface area contributed by atoms with Crippen molar-refractivity contribution in [3.8, 4) is 0 Å². The molecule has 0 aromatic carbocycles. The van der Waals surface area contributed by atoms with Crippen LogP contribution in [0.15, 0.2) is 24.4 Å². The van der Waals surface area contributed by atoms with Crippen molar-refractivity contribution >= 4 is 11.5 Å². The zero-order valence-corrected chi connectivity index (χ0v) is 13.1. The third-order valence-electron chi connectivity index (χ3n) is 4.88. The van der Waals surface area contributed by atoms with Crippen LogP contribution in [0, 0.1) is 0 Å². The smallest absolute Gasteiger partial charge is 0.153 e. The molecule has 0 amide bonds. The van der Waals surface area contributed by atoms with Crippen molar-refractivity contribution in [3.63, 3.8) is 0 Å². The Hall–Kier alpha value is -1.59. The first-order valence-corrected chi connectivity index (χ1v) is 7.53. The van der Waals surface area contributed by atoms with Gasteiger partial charge in [0.2, 0.25) is 0 Å². The molecule has 114 valence electrons. The molecule has 0 aliphatic heterocycles. The Morgan fingerprint density at radius 1 is 1.29 bits per heavy atom. The molecule has 21 heavy (non-hydrogen) atoms. The quantitative estimate of drug-likeness (QED) is 0.910. The summed E-state index contributed by atoms with van der Waals surface area (Å²) < 4.78 is 1.97. The molecule has 2 heterocycles. The van der Waals surface area contributed by atoms with Crippen molar-refractivity contribution < 1.29 is 5.11 Å². The molecule has 3 rings (SSSR count). The van der Waals surface area contributed by atoms with Crippen LogP contribution >= 0.6 is 0 Å². The molecule has 1 aliphatic carbocycles. The zero-order valence-electron chi connectivity index (χ0n) is 13.1. The van der Waals surface area contributed by atoms with E-state index in [1.165, 1.54) is 19.3 Å². The molecule has 0 bridgehead atoms. The summed E-state index contributed by atoms with van der Waals surface area (Å²) in [4.78, 5) is 9.22. The highest BCUT2D eigenvalue weighted by Gasteiger charge is 2.40. The van der Waals surface area contributed by atoms with E-state index in [4.69, 9.17) is 4.98 Å². The predicted molar refractivity (Wildman–Crippen MR) is 84.7 cm³/mol. The lowest BCUT2D eigenvalue weighted by atomic mass is 9.75. The van der Waals surface area contributed by atoms with Crippen LogP contribution in [-0.2, 0) is 6.61 Å². The number of aliphatic hydroxyl groups is 1. The van der Waals surface area contributed by atoms with E-state index in [9.17, 15) is 5.11 Å². The molecule has 1 N–H and O–H groups in total. The number of hydrogen-bond acceptors (Lipinski definition) is 4. The molecule has 0 spiro atoms. The van der Waals surface area contributed by atoms with Gasteiger partial charge in [-0.1, -0.05) is 6.07 Å². The second kappa shape index (κ2) is 5.31. The number of anilines is 1. The summed E-state index contributed by atoms with van der Waals surface area (Å²) >= 11 is 0. The number of likely N-dealkylation sites (N-methyl/N-ethyl adjacent to an activating group) is 2. The second-order valence-electron chi connectivity index (χ2n) is 6.30. The molecule has 2 aromatic rings. The Balaban J connectivity index is 1.92. The lowest BCUT2D eigenvalue weighted by Gasteiger charge is -2.49. The van der Waals surface area contributed by atoms with Gasteiger partial charge in [-0.2, -0.15) is 0 Å². The van der Waals surface area contributed by atoms with E-state index in [2.05, 4.69) is 30.9 Å². The third-order valence-corrected chi connectivity index (χ3v) is 4.88. The summed E-state index contributed by atoms with van der Waals surface area (Å²) in [5, 5.41) is 9.73. The van der Waals surface area contributed by atoms with Gasteiger partial charge < -0.3 is 14.9 Å². The lowest BCUT2D eigenvalue weighted by Crippen LogP contribution is -2.56. The minimum absolute atomic E-state index is 0.000181. The highest BCUT2D eigenvalue weighted by atomic mass is 16.3. The summed E-state index contributed by atoms with van der Waals surface area (Å²) in [6.07, 6.45) is 5.71. The molecule has 1 fully saturated rings. The van der Waals surface area contributed by atoms with Crippen molar-refractivity contribution in [3.05, 3.63) is 30.1 Å². The summed E-state index contributed by atoms with van der Waals surface area (Å²) in [7, 11) is 6.39. The van der Waals surface area contributed by atoms with Crippen LogP contribution in [0.3, 0.4) is 0 Å². The summed E-state index contributed by atoms with van der Waals surface area (Å²) in [6, 6.07) is 5.91. The van der Waals surface area contributed by atoms with Crippen LogP contribution < -0.4 is 4.90 Å². The van der Waals surface area contributed by atoms with Gasteiger partial charge in [0.15, 0.2) is 5.82 Å². The maximum atomic E-state index is 9.73. The molecular formula is C16H24N4O. The van der Waals surface area contributed by atoms with Crippen LogP contribution in [0.5, 0.6) is 0 Å². The van der Waals surface area contributed by atoms with Crippen molar-refractivity contribution in [2.24, 2.45) is 0 Å². The number of fused-ring (bicyclic) bond motifs is 1. The van der Waals surface area contributed by atoms with Crippen LogP contribution in [-0.4, -0.2) is 52.6 Å². The first kappa shape index (κ1) is 14.4. The van der Waals surface area contributed by atoms with Gasteiger partial charge in [-0.05, 0) is 45.5 Å². The first-order chi connectivity index (χ1) is 10.1. The number of aromatic nitrogens is 2.